The van der Waals surface area contributed by atoms with Crippen LogP contribution < -0.4 is 16.0 Å². The summed E-state index contributed by atoms with van der Waals surface area (Å²) in [6.45, 7) is 4.24. The fourth-order valence-corrected chi connectivity index (χ4v) is 1.95. The number of para-hydroxylation sites is 1. The minimum atomic E-state index is 0.119. The second-order valence-corrected chi connectivity index (χ2v) is 4.09. The molecular weight excluding hydrogens is 202 g/mol. The van der Waals surface area contributed by atoms with Gasteiger partial charge in [-0.3, -0.25) is 4.79 Å². The average Bonchev–Trinajstić information content (AvgIpc) is 2.47. The molecule has 0 aliphatic carbocycles. The molecule has 1 aromatic rings. The second-order valence-electron chi connectivity index (χ2n) is 4.09. The van der Waals surface area contributed by atoms with Gasteiger partial charge in [0.05, 0.1) is 11.4 Å². The van der Waals surface area contributed by atoms with Crippen molar-refractivity contribution < 1.29 is 4.79 Å². The third-order valence-corrected chi connectivity index (χ3v) is 2.95. The molecule has 0 saturated carbocycles. The van der Waals surface area contributed by atoms with Crippen molar-refractivity contribution in [2.24, 2.45) is 0 Å². The molecule has 1 aliphatic rings. The van der Waals surface area contributed by atoms with Crippen LogP contribution in [0, 0.1) is 6.92 Å². The van der Waals surface area contributed by atoms with Crippen LogP contribution in [0.3, 0.4) is 0 Å². The molecule has 86 valence electrons. The number of benzene rings is 1. The molecule has 0 aromatic heterocycles. The summed E-state index contributed by atoms with van der Waals surface area (Å²) in [5.74, 6) is 0.119. The Morgan fingerprint density at radius 3 is 3.00 bits per heavy atom. The summed E-state index contributed by atoms with van der Waals surface area (Å²) in [6.07, 6.45) is 0.535. The number of nitrogens with zero attached hydrogens (tertiary/aromatic N) is 1. The number of nitrogen functional groups attached to an aromatic ring is 1. The molecular formula is C12H17N3O. The topological polar surface area (TPSA) is 58.4 Å². The van der Waals surface area contributed by atoms with Crippen LogP contribution in [0.25, 0.3) is 0 Å². The van der Waals surface area contributed by atoms with Crippen LogP contribution >= 0.6 is 0 Å². The van der Waals surface area contributed by atoms with Crippen molar-refractivity contribution in [3.8, 4) is 0 Å². The van der Waals surface area contributed by atoms with Gasteiger partial charge in [0.15, 0.2) is 0 Å². The number of nitrogens with one attached hydrogen (secondary N) is 1. The van der Waals surface area contributed by atoms with Crippen LogP contribution in [-0.4, -0.2) is 25.5 Å². The van der Waals surface area contributed by atoms with Gasteiger partial charge in [0.2, 0.25) is 5.91 Å². The molecule has 0 unspecified atom stereocenters. The minimum absolute atomic E-state index is 0.119. The van der Waals surface area contributed by atoms with Gasteiger partial charge in [0.25, 0.3) is 0 Å². The Morgan fingerprint density at radius 1 is 1.38 bits per heavy atom. The van der Waals surface area contributed by atoms with Gasteiger partial charge in [-0.25, -0.2) is 0 Å². The molecule has 0 bridgehead atoms. The molecule has 1 aliphatic heterocycles. The first-order chi connectivity index (χ1) is 7.68. The van der Waals surface area contributed by atoms with E-state index in [1.165, 1.54) is 0 Å². The van der Waals surface area contributed by atoms with Crippen LogP contribution in [-0.2, 0) is 4.79 Å². The molecule has 0 atom stereocenters. The predicted molar refractivity (Wildman–Crippen MR) is 65.4 cm³/mol. The third kappa shape index (κ3) is 2.10. The van der Waals surface area contributed by atoms with E-state index in [-0.39, 0.29) is 5.91 Å². The van der Waals surface area contributed by atoms with Crippen LogP contribution in [0.4, 0.5) is 11.4 Å². The summed E-state index contributed by atoms with van der Waals surface area (Å²) in [7, 11) is 0. The second kappa shape index (κ2) is 4.43. The first kappa shape index (κ1) is 10.8. The predicted octanol–water partition coefficient (Wildman–Crippen LogP) is 0.904. The molecule has 3 N–H and O–H groups in total. The zero-order valence-electron chi connectivity index (χ0n) is 9.49. The number of aryl methyl sites for hydroxylation is 1. The fraction of sp³-hybridized carbons (Fsp3) is 0.417. The summed E-state index contributed by atoms with van der Waals surface area (Å²) in [4.78, 5) is 13.4. The standard InChI is InChI=1S/C12H17N3O/c1-9-3-2-4-10(12(9)13)15-7-5-11(16)14-6-8-15/h2-4H,5-8,13H2,1H3,(H,14,16). The quantitative estimate of drug-likeness (QED) is 0.690. The number of amides is 1. The summed E-state index contributed by atoms with van der Waals surface area (Å²) < 4.78 is 0. The number of carbonyl (C=O) groups excluding carboxylic acids is 1. The lowest BCUT2D eigenvalue weighted by atomic mass is 10.1. The average molecular weight is 219 g/mol. The van der Waals surface area contributed by atoms with E-state index in [4.69, 9.17) is 5.73 Å². The van der Waals surface area contributed by atoms with Gasteiger partial charge in [-0.1, -0.05) is 12.1 Å². The van der Waals surface area contributed by atoms with Crippen molar-refractivity contribution in [1.82, 2.24) is 5.32 Å². The summed E-state index contributed by atoms with van der Waals surface area (Å²) in [5, 5.41) is 2.86. The van der Waals surface area contributed by atoms with E-state index in [9.17, 15) is 4.79 Å². The Balaban J connectivity index is 2.23. The maximum Gasteiger partial charge on any atom is 0.221 e. The Morgan fingerprint density at radius 2 is 2.19 bits per heavy atom. The number of rotatable bonds is 1. The Bertz CT molecular complexity index is 403. The van der Waals surface area contributed by atoms with Gasteiger partial charge >= 0.3 is 0 Å². The molecule has 4 nitrogen and oxygen atoms in total. The van der Waals surface area contributed by atoms with Crippen molar-refractivity contribution >= 4 is 17.3 Å². The SMILES string of the molecule is Cc1cccc(N2CCNC(=O)CC2)c1N. The van der Waals surface area contributed by atoms with Crippen molar-refractivity contribution in [1.29, 1.82) is 0 Å². The molecule has 1 amide bonds. The largest absolute Gasteiger partial charge is 0.397 e. The zero-order chi connectivity index (χ0) is 11.5. The van der Waals surface area contributed by atoms with E-state index in [0.717, 1.165) is 30.0 Å². The Kier molecular flexibility index (Phi) is 2.99. The van der Waals surface area contributed by atoms with Gasteiger partial charge in [0, 0.05) is 26.1 Å². The summed E-state index contributed by atoms with van der Waals surface area (Å²) in [5.41, 5.74) is 8.99. The molecule has 1 heterocycles. The highest BCUT2D eigenvalue weighted by Gasteiger charge is 2.15. The van der Waals surface area contributed by atoms with E-state index in [2.05, 4.69) is 10.2 Å². The summed E-state index contributed by atoms with van der Waals surface area (Å²) >= 11 is 0. The van der Waals surface area contributed by atoms with Gasteiger partial charge in [-0.05, 0) is 18.6 Å². The molecule has 1 saturated heterocycles. The minimum Gasteiger partial charge on any atom is -0.397 e. The number of hydrogen-bond donors (Lipinski definition) is 2. The molecule has 1 fully saturated rings. The third-order valence-electron chi connectivity index (χ3n) is 2.95. The maximum absolute atomic E-state index is 11.2. The lowest BCUT2D eigenvalue weighted by Gasteiger charge is -2.24. The number of nitrogens with two attached hydrogens (primary N) is 1. The summed E-state index contributed by atoms with van der Waals surface area (Å²) in [6, 6.07) is 6.01. The van der Waals surface area contributed by atoms with E-state index < -0.39 is 0 Å². The molecule has 2 rings (SSSR count). The van der Waals surface area contributed by atoms with Crippen LogP contribution in [0.5, 0.6) is 0 Å². The van der Waals surface area contributed by atoms with Crippen molar-refractivity contribution in [3.05, 3.63) is 23.8 Å². The Labute approximate surface area is 95.4 Å². The van der Waals surface area contributed by atoms with E-state index in [1.54, 1.807) is 0 Å². The van der Waals surface area contributed by atoms with Crippen LogP contribution in [0.15, 0.2) is 18.2 Å². The lowest BCUT2D eigenvalue weighted by Crippen LogP contribution is -2.29. The van der Waals surface area contributed by atoms with Gasteiger partial charge in [-0.2, -0.15) is 0 Å². The normalized spacial score (nSPS) is 16.8. The van der Waals surface area contributed by atoms with Gasteiger partial charge < -0.3 is 16.0 Å². The molecule has 4 heteroatoms. The van der Waals surface area contributed by atoms with Crippen molar-refractivity contribution in [3.63, 3.8) is 0 Å². The number of carbonyl (C=O) groups is 1. The smallest absolute Gasteiger partial charge is 0.221 e. The highest BCUT2D eigenvalue weighted by Crippen LogP contribution is 2.26. The van der Waals surface area contributed by atoms with Crippen LogP contribution in [0.2, 0.25) is 0 Å². The Hall–Kier alpha value is -1.71. The van der Waals surface area contributed by atoms with E-state index in [1.807, 2.05) is 25.1 Å². The maximum atomic E-state index is 11.2. The first-order valence-electron chi connectivity index (χ1n) is 5.55. The van der Waals surface area contributed by atoms with E-state index >= 15 is 0 Å². The van der Waals surface area contributed by atoms with Crippen molar-refractivity contribution in [2.45, 2.75) is 13.3 Å². The zero-order valence-corrected chi connectivity index (χ0v) is 9.49. The number of anilines is 2. The van der Waals surface area contributed by atoms with Gasteiger partial charge in [-0.15, -0.1) is 0 Å². The molecule has 0 spiro atoms. The van der Waals surface area contributed by atoms with Crippen LogP contribution in [0.1, 0.15) is 12.0 Å². The molecule has 16 heavy (non-hydrogen) atoms. The number of hydrogen-bond acceptors (Lipinski definition) is 3. The first-order valence-corrected chi connectivity index (χ1v) is 5.55. The van der Waals surface area contributed by atoms with E-state index in [0.29, 0.717) is 13.0 Å². The highest BCUT2D eigenvalue weighted by atomic mass is 16.1. The molecule has 1 aromatic carbocycles. The monoisotopic (exact) mass is 219 g/mol. The lowest BCUT2D eigenvalue weighted by molar-refractivity contribution is -0.120. The van der Waals surface area contributed by atoms with Crippen molar-refractivity contribution in [2.75, 3.05) is 30.3 Å². The fourth-order valence-electron chi connectivity index (χ4n) is 1.95. The molecule has 0 radical (unpaired) electrons. The highest BCUT2D eigenvalue weighted by molar-refractivity contribution is 5.78. The van der Waals surface area contributed by atoms with Gasteiger partial charge in [0.1, 0.15) is 0 Å².